The zero-order valence-electron chi connectivity index (χ0n) is 15.9. The fraction of sp³-hybridized carbons (Fsp3) is 0.300. The van der Waals surface area contributed by atoms with Crippen LogP contribution in [0.25, 0.3) is 0 Å². The maximum Gasteiger partial charge on any atom is 0.254 e. The SMILES string of the molecule is CC1Sc2ccc(C(=O)N3CCN(S(=O)(=O)c4ccccc4)CC3)cc2NC1=O. The number of amides is 2. The van der Waals surface area contributed by atoms with Crippen LogP contribution >= 0.6 is 11.8 Å². The number of carbonyl (C=O) groups excluding carboxylic acids is 2. The summed E-state index contributed by atoms with van der Waals surface area (Å²) >= 11 is 1.47. The molecule has 1 saturated heterocycles. The van der Waals surface area contributed by atoms with Crippen LogP contribution in [0.4, 0.5) is 5.69 Å². The van der Waals surface area contributed by atoms with Crippen LogP contribution in [-0.2, 0) is 14.8 Å². The molecule has 2 aromatic rings. The molecule has 0 spiro atoms. The van der Waals surface area contributed by atoms with Gasteiger partial charge < -0.3 is 10.2 Å². The Morgan fingerprint density at radius 1 is 1.07 bits per heavy atom. The lowest BCUT2D eigenvalue weighted by molar-refractivity contribution is -0.115. The number of fused-ring (bicyclic) bond motifs is 1. The summed E-state index contributed by atoms with van der Waals surface area (Å²) in [5.41, 5.74) is 1.13. The molecule has 2 aromatic carbocycles. The van der Waals surface area contributed by atoms with Gasteiger partial charge in [0.15, 0.2) is 0 Å². The van der Waals surface area contributed by atoms with Crippen LogP contribution in [0.15, 0.2) is 58.3 Å². The molecule has 0 aliphatic carbocycles. The second-order valence-electron chi connectivity index (χ2n) is 6.97. The van der Waals surface area contributed by atoms with Crippen molar-refractivity contribution in [3.8, 4) is 0 Å². The molecule has 0 bridgehead atoms. The van der Waals surface area contributed by atoms with Gasteiger partial charge in [-0.3, -0.25) is 9.59 Å². The zero-order valence-corrected chi connectivity index (χ0v) is 17.5. The number of anilines is 1. The van der Waals surface area contributed by atoms with Crippen molar-refractivity contribution in [1.29, 1.82) is 0 Å². The molecule has 1 fully saturated rings. The number of carbonyl (C=O) groups is 2. The Kier molecular flexibility index (Phi) is 5.37. The Labute approximate surface area is 174 Å². The average Bonchev–Trinajstić information content (AvgIpc) is 2.74. The van der Waals surface area contributed by atoms with E-state index in [9.17, 15) is 18.0 Å². The highest BCUT2D eigenvalue weighted by Gasteiger charge is 2.31. The number of thioether (sulfide) groups is 1. The van der Waals surface area contributed by atoms with Crippen LogP contribution in [0.3, 0.4) is 0 Å². The molecule has 4 rings (SSSR count). The summed E-state index contributed by atoms with van der Waals surface area (Å²) in [5.74, 6) is -0.241. The Hall–Kier alpha value is -2.36. The lowest BCUT2D eigenvalue weighted by Gasteiger charge is -2.34. The normalized spacial score (nSPS) is 20.1. The van der Waals surface area contributed by atoms with Crippen molar-refractivity contribution in [2.24, 2.45) is 0 Å². The number of nitrogens with zero attached hydrogens (tertiary/aromatic N) is 2. The minimum Gasteiger partial charge on any atom is -0.336 e. The van der Waals surface area contributed by atoms with Gasteiger partial charge in [-0.05, 0) is 37.3 Å². The number of nitrogens with one attached hydrogen (secondary N) is 1. The molecule has 1 unspecified atom stereocenters. The largest absolute Gasteiger partial charge is 0.336 e. The van der Waals surface area contributed by atoms with Gasteiger partial charge in [0.2, 0.25) is 15.9 Å². The fourth-order valence-corrected chi connectivity index (χ4v) is 5.77. The van der Waals surface area contributed by atoms with E-state index in [0.717, 1.165) is 4.90 Å². The molecular weight excluding hydrogens is 410 g/mol. The molecular formula is C20H21N3O4S2. The Bertz CT molecular complexity index is 1050. The van der Waals surface area contributed by atoms with Gasteiger partial charge in [-0.15, -0.1) is 11.8 Å². The summed E-state index contributed by atoms with van der Waals surface area (Å²) in [7, 11) is -3.55. The van der Waals surface area contributed by atoms with Crippen molar-refractivity contribution in [3.63, 3.8) is 0 Å². The van der Waals surface area contributed by atoms with Crippen LogP contribution in [0.5, 0.6) is 0 Å². The topological polar surface area (TPSA) is 86.8 Å². The van der Waals surface area contributed by atoms with Crippen molar-refractivity contribution in [2.75, 3.05) is 31.5 Å². The van der Waals surface area contributed by atoms with E-state index in [1.54, 1.807) is 47.4 Å². The van der Waals surface area contributed by atoms with E-state index >= 15 is 0 Å². The Morgan fingerprint density at radius 3 is 2.45 bits per heavy atom. The first-order chi connectivity index (χ1) is 13.9. The molecule has 2 aliphatic heterocycles. The van der Waals surface area contributed by atoms with Gasteiger partial charge in [-0.1, -0.05) is 18.2 Å². The molecule has 1 atom stereocenters. The van der Waals surface area contributed by atoms with Gasteiger partial charge >= 0.3 is 0 Å². The maximum absolute atomic E-state index is 12.9. The van der Waals surface area contributed by atoms with Gasteiger partial charge in [0.1, 0.15) is 0 Å². The number of benzene rings is 2. The molecule has 7 nitrogen and oxygen atoms in total. The first kappa shape index (κ1) is 19.9. The minimum absolute atomic E-state index is 0.0770. The second kappa shape index (κ2) is 7.81. The van der Waals surface area contributed by atoms with Crippen LogP contribution in [0, 0.1) is 0 Å². The molecule has 152 valence electrons. The van der Waals surface area contributed by atoms with Gasteiger partial charge in [-0.25, -0.2) is 8.42 Å². The van der Waals surface area contributed by atoms with E-state index in [0.29, 0.717) is 24.3 Å². The standard InChI is InChI=1S/C20H21N3O4S2/c1-14-19(24)21-17-13-15(7-8-18(17)28-14)20(25)22-9-11-23(12-10-22)29(26,27)16-5-3-2-4-6-16/h2-8,13-14H,9-12H2,1H3,(H,21,24). The van der Waals surface area contributed by atoms with Crippen LogP contribution in [-0.4, -0.2) is 60.9 Å². The molecule has 2 amide bonds. The highest BCUT2D eigenvalue weighted by atomic mass is 32.2. The zero-order chi connectivity index (χ0) is 20.6. The number of hydrogen-bond donors (Lipinski definition) is 1. The molecule has 0 radical (unpaired) electrons. The van der Waals surface area contributed by atoms with Crippen molar-refractivity contribution in [1.82, 2.24) is 9.21 Å². The van der Waals surface area contributed by atoms with Crippen molar-refractivity contribution >= 4 is 39.3 Å². The number of piperazine rings is 1. The van der Waals surface area contributed by atoms with Crippen molar-refractivity contribution < 1.29 is 18.0 Å². The highest BCUT2D eigenvalue weighted by molar-refractivity contribution is 8.01. The third kappa shape index (κ3) is 3.90. The molecule has 1 N–H and O–H groups in total. The lowest BCUT2D eigenvalue weighted by Crippen LogP contribution is -2.50. The van der Waals surface area contributed by atoms with Gasteiger partial charge in [0.05, 0.1) is 15.8 Å². The van der Waals surface area contributed by atoms with Gasteiger partial charge in [0, 0.05) is 36.6 Å². The molecule has 0 aromatic heterocycles. The third-order valence-corrected chi connectivity index (χ3v) is 8.15. The van der Waals surface area contributed by atoms with Crippen LogP contribution in [0.1, 0.15) is 17.3 Å². The highest BCUT2D eigenvalue weighted by Crippen LogP contribution is 2.36. The first-order valence-corrected chi connectivity index (χ1v) is 11.6. The minimum atomic E-state index is -3.55. The smallest absolute Gasteiger partial charge is 0.254 e. The van der Waals surface area contributed by atoms with Crippen LogP contribution in [0.2, 0.25) is 0 Å². The third-order valence-electron chi connectivity index (χ3n) is 5.06. The summed E-state index contributed by atoms with van der Waals surface area (Å²) in [5, 5.41) is 2.67. The number of hydrogen-bond acceptors (Lipinski definition) is 5. The molecule has 2 aliphatic rings. The Morgan fingerprint density at radius 2 is 1.76 bits per heavy atom. The van der Waals surface area contributed by atoms with E-state index < -0.39 is 10.0 Å². The predicted molar refractivity (Wildman–Crippen MR) is 111 cm³/mol. The van der Waals surface area contributed by atoms with E-state index in [2.05, 4.69) is 5.32 Å². The summed E-state index contributed by atoms with van der Waals surface area (Å²) < 4.78 is 26.9. The molecule has 0 saturated carbocycles. The van der Waals surface area contributed by atoms with E-state index in [4.69, 9.17) is 0 Å². The monoisotopic (exact) mass is 431 g/mol. The van der Waals surface area contributed by atoms with Crippen molar-refractivity contribution in [2.45, 2.75) is 22.0 Å². The summed E-state index contributed by atoms with van der Waals surface area (Å²) in [6.07, 6.45) is 0. The fourth-order valence-electron chi connectivity index (χ4n) is 3.40. The molecule has 2 heterocycles. The number of sulfonamides is 1. The average molecular weight is 432 g/mol. The summed E-state index contributed by atoms with van der Waals surface area (Å²) in [6, 6.07) is 13.6. The Balaban J connectivity index is 1.45. The quantitative estimate of drug-likeness (QED) is 0.806. The van der Waals surface area contributed by atoms with E-state index in [1.807, 2.05) is 13.0 Å². The van der Waals surface area contributed by atoms with E-state index in [1.165, 1.54) is 16.1 Å². The molecule has 9 heteroatoms. The lowest BCUT2D eigenvalue weighted by atomic mass is 10.1. The van der Waals surface area contributed by atoms with Crippen LogP contribution < -0.4 is 5.32 Å². The van der Waals surface area contributed by atoms with Gasteiger partial charge in [0.25, 0.3) is 5.91 Å². The van der Waals surface area contributed by atoms with Crippen molar-refractivity contribution in [3.05, 3.63) is 54.1 Å². The summed E-state index contributed by atoms with van der Waals surface area (Å²) in [6.45, 7) is 2.97. The molecule has 29 heavy (non-hydrogen) atoms. The van der Waals surface area contributed by atoms with Gasteiger partial charge in [-0.2, -0.15) is 4.31 Å². The van der Waals surface area contributed by atoms with E-state index in [-0.39, 0.29) is 35.0 Å². The first-order valence-electron chi connectivity index (χ1n) is 9.32. The maximum atomic E-state index is 12.9. The number of rotatable bonds is 3. The summed E-state index contributed by atoms with van der Waals surface area (Å²) in [4.78, 5) is 27.6. The second-order valence-corrected chi connectivity index (χ2v) is 10.3. The predicted octanol–water partition coefficient (Wildman–Crippen LogP) is 2.27.